The number of nitrogens with one attached hydrogen (secondary N) is 3. The van der Waals surface area contributed by atoms with Crippen LogP contribution in [0.1, 0.15) is 53.0 Å². The van der Waals surface area contributed by atoms with Crippen molar-refractivity contribution in [3.8, 4) is 0 Å². The molecule has 0 spiro atoms. The number of carbonyl (C=O) groups is 4. The average Bonchev–Trinajstić information content (AvgIpc) is 3.11. The number of rotatable bonds is 9. The Labute approximate surface area is 200 Å². The van der Waals surface area contributed by atoms with E-state index in [0.717, 1.165) is 10.5 Å². The van der Waals surface area contributed by atoms with E-state index in [1.54, 1.807) is 20.8 Å². The van der Waals surface area contributed by atoms with Gasteiger partial charge in [-0.15, -0.1) is 0 Å². The third kappa shape index (κ3) is 9.01. The van der Waals surface area contributed by atoms with E-state index in [0.29, 0.717) is 12.8 Å². The van der Waals surface area contributed by atoms with Gasteiger partial charge in [-0.05, 0) is 45.1 Å². The maximum atomic E-state index is 12.7. The van der Waals surface area contributed by atoms with E-state index in [1.165, 1.54) is 0 Å². The maximum Gasteiger partial charge on any atom is 0.417 e. The van der Waals surface area contributed by atoms with Gasteiger partial charge >= 0.3 is 12.2 Å². The predicted octanol–water partition coefficient (Wildman–Crippen LogP) is 2.73. The number of amides is 4. The molecule has 0 bridgehead atoms. The number of carbonyl (C=O) groups excluding carboxylic acids is 4. The first-order chi connectivity index (χ1) is 16.0. The van der Waals surface area contributed by atoms with Crippen LogP contribution in [0.2, 0.25) is 0 Å². The van der Waals surface area contributed by atoms with Crippen LogP contribution in [-0.4, -0.2) is 53.6 Å². The number of hydrogen-bond acceptors (Lipinski definition) is 7. The van der Waals surface area contributed by atoms with Crippen molar-refractivity contribution in [3.63, 3.8) is 0 Å². The minimum atomic E-state index is -0.812. The number of benzene rings is 1. The quantitative estimate of drug-likeness (QED) is 0.468. The number of hydrazine groups is 1. The molecule has 1 saturated heterocycles. The maximum absolute atomic E-state index is 12.7. The molecule has 1 heterocycles. The number of imide groups is 1. The van der Waals surface area contributed by atoms with E-state index < -0.39 is 35.7 Å². The summed E-state index contributed by atoms with van der Waals surface area (Å²) in [5.41, 5.74) is 5.46. The van der Waals surface area contributed by atoms with Crippen molar-refractivity contribution in [2.24, 2.45) is 11.8 Å². The zero-order valence-electron chi connectivity index (χ0n) is 20.6. The number of ether oxygens (including phenoxy) is 2. The molecular formula is C24H36N4O6. The standard InChI is InChI=1S/C24H36N4O6/c1-16(2)13-19(26-22(31)33-15-17-9-7-6-8-10-17)20(29)27-25-14-18-11-12-28(21(18)30)23(32)34-24(3,4)5/h6-10,16,18-19,25H,11-15H2,1-5H3,(H,26,31)(H,27,29). The van der Waals surface area contributed by atoms with Crippen molar-refractivity contribution >= 4 is 24.0 Å². The summed E-state index contributed by atoms with van der Waals surface area (Å²) in [5, 5.41) is 2.60. The SMILES string of the molecule is CC(C)CC(NC(=O)OCc1ccccc1)C(=O)NNCC1CCN(C(=O)OC(C)(C)C)C1=O. The van der Waals surface area contributed by atoms with Crippen molar-refractivity contribution < 1.29 is 28.7 Å². The van der Waals surface area contributed by atoms with Gasteiger partial charge in [0.15, 0.2) is 0 Å². The van der Waals surface area contributed by atoms with Crippen LogP contribution in [0.15, 0.2) is 30.3 Å². The summed E-state index contributed by atoms with van der Waals surface area (Å²) >= 11 is 0. The lowest BCUT2D eigenvalue weighted by Crippen LogP contribution is -2.52. The van der Waals surface area contributed by atoms with Gasteiger partial charge in [0, 0.05) is 13.1 Å². The molecule has 0 aliphatic carbocycles. The van der Waals surface area contributed by atoms with Crippen molar-refractivity contribution in [2.45, 2.75) is 65.7 Å². The number of likely N-dealkylation sites (tertiary alicyclic amines) is 1. The number of alkyl carbamates (subject to hydrolysis) is 1. The molecule has 1 aromatic carbocycles. The lowest BCUT2D eigenvalue weighted by molar-refractivity contribution is -0.131. The zero-order valence-corrected chi connectivity index (χ0v) is 20.6. The van der Waals surface area contributed by atoms with Gasteiger partial charge in [0.25, 0.3) is 5.91 Å². The molecule has 3 N–H and O–H groups in total. The van der Waals surface area contributed by atoms with Crippen LogP contribution >= 0.6 is 0 Å². The molecule has 0 aromatic heterocycles. The summed E-state index contributed by atoms with van der Waals surface area (Å²) in [4.78, 5) is 50.7. The van der Waals surface area contributed by atoms with E-state index in [4.69, 9.17) is 9.47 Å². The number of hydrogen-bond donors (Lipinski definition) is 3. The molecule has 1 fully saturated rings. The van der Waals surface area contributed by atoms with Gasteiger partial charge in [-0.3, -0.25) is 15.0 Å². The van der Waals surface area contributed by atoms with Gasteiger partial charge in [0.05, 0.1) is 5.92 Å². The predicted molar refractivity (Wildman–Crippen MR) is 125 cm³/mol. The molecule has 1 aromatic rings. The Hall–Kier alpha value is -3.14. The molecule has 10 heteroatoms. The summed E-state index contributed by atoms with van der Waals surface area (Å²) in [6.07, 6.45) is -0.494. The van der Waals surface area contributed by atoms with Gasteiger partial charge in [0.2, 0.25) is 5.91 Å². The molecule has 34 heavy (non-hydrogen) atoms. The van der Waals surface area contributed by atoms with Crippen LogP contribution < -0.4 is 16.2 Å². The van der Waals surface area contributed by atoms with Gasteiger partial charge in [-0.1, -0.05) is 44.2 Å². The zero-order chi connectivity index (χ0) is 25.3. The molecule has 4 amide bonds. The monoisotopic (exact) mass is 476 g/mol. The molecule has 10 nitrogen and oxygen atoms in total. The summed E-state index contributed by atoms with van der Waals surface area (Å²) in [6.45, 7) is 9.59. The van der Waals surface area contributed by atoms with Crippen LogP contribution in [0.5, 0.6) is 0 Å². The fourth-order valence-corrected chi connectivity index (χ4v) is 3.39. The molecule has 2 atom stereocenters. The second-order valence-corrected chi connectivity index (χ2v) is 9.71. The summed E-state index contributed by atoms with van der Waals surface area (Å²) in [7, 11) is 0. The van der Waals surface area contributed by atoms with Crippen LogP contribution in [-0.2, 0) is 25.7 Å². The minimum Gasteiger partial charge on any atom is -0.445 e. The van der Waals surface area contributed by atoms with Gasteiger partial charge in [-0.25, -0.2) is 19.9 Å². The van der Waals surface area contributed by atoms with Crippen molar-refractivity contribution in [3.05, 3.63) is 35.9 Å². The fraction of sp³-hybridized carbons (Fsp3) is 0.583. The number of nitrogens with zero attached hydrogens (tertiary/aromatic N) is 1. The second-order valence-electron chi connectivity index (χ2n) is 9.71. The second kappa shape index (κ2) is 12.4. The van der Waals surface area contributed by atoms with Crippen LogP contribution in [0.4, 0.5) is 9.59 Å². The van der Waals surface area contributed by atoms with Gasteiger partial charge in [-0.2, -0.15) is 0 Å². The van der Waals surface area contributed by atoms with Crippen LogP contribution in [0, 0.1) is 11.8 Å². The Kier molecular flexibility index (Phi) is 9.85. The first-order valence-corrected chi connectivity index (χ1v) is 11.5. The molecule has 2 rings (SSSR count). The normalized spacial score (nSPS) is 16.8. The molecule has 2 unspecified atom stereocenters. The Morgan fingerprint density at radius 1 is 1.15 bits per heavy atom. The molecule has 188 valence electrons. The Balaban J connectivity index is 1.81. The minimum absolute atomic E-state index is 0.0961. The third-order valence-electron chi connectivity index (χ3n) is 5.02. The molecule has 0 radical (unpaired) electrons. The summed E-state index contributed by atoms with van der Waals surface area (Å²) in [5.74, 6) is -1.12. The van der Waals surface area contributed by atoms with E-state index >= 15 is 0 Å². The van der Waals surface area contributed by atoms with Crippen LogP contribution in [0.3, 0.4) is 0 Å². The van der Waals surface area contributed by atoms with Gasteiger partial charge < -0.3 is 14.8 Å². The first-order valence-electron chi connectivity index (χ1n) is 11.5. The van der Waals surface area contributed by atoms with Gasteiger partial charge in [0.1, 0.15) is 18.2 Å². The highest BCUT2D eigenvalue weighted by Crippen LogP contribution is 2.20. The Morgan fingerprint density at radius 3 is 2.44 bits per heavy atom. The lowest BCUT2D eigenvalue weighted by Gasteiger charge is -2.23. The fourth-order valence-electron chi connectivity index (χ4n) is 3.39. The average molecular weight is 477 g/mol. The first kappa shape index (κ1) is 27.1. The lowest BCUT2D eigenvalue weighted by atomic mass is 10.0. The Morgan fingerprint density at radius 2 is 1.82 bits per heavy atom. The third-order valence-corrected chi connectivity index (χ3v) is 5.02. The van der Waals surface area contributed by atoms with E-state index in [1.807, 2.05) is 44.2 Å². The molecular weight excluding hydrogens is 440 g/mol. The van der Waals surface area contributed by atoms with E-state index in [2.05, 4.69) is 16.2 Å². The Bertz CT molecular complexity index is 853. The van der Waals surface area contributed by atoms with Crippen molar-refractivity contribution in [1.29, 1.82) is 0 Å². The largest absolute Gasteiger partial charge is 0.445 e. The highest BCUT2D eigenvalue weighted by molar-refractivity contribution is 5.95. The van der Waals surface area contributed by atoms with E-state index in [9.17, 15) is 19.2 Å². The van der Waals surface area contributed by atoms with Crippen molar-refractivity contribution in [2.75, 3.05) is 13.1 Å². The molecule has 1 aliphatic rings. The van der Waals surface area contributed by atoms with E-state index in [-0.39, 0.29) is 31.5 Å². The highest BCUT2D eigenvalue weighted by atomic mass is 16.6. The topological polar surface area (TPSA) is 126 Å². The highest BCUT2D eigenvalue weighted by Gasteiger charge is 2.37. The molecule has 0 saturated carbocycles. The molecule has 1 aliphatic heterocycles. The summed E-state index contributed by atoms with van der Waals surface area (Å²) in [6, 6.07) is 8.42. The smallest absolute Gasteiger partial charge is 0.417 e. The van der Waals surface area contributed by atoms with Crippen LogP contribution in [0.25, 0.3) is 0 Å². The van der Waals surface area contributed by atoms with Crippen molar-refractivity contribution in [1.82, 2.24) is 21.1 Å². The summed E-state index contributed by atoms with van der Waals surface area (Å²) < 4.78 is 10.5.